The van der Waals surface area contributed by atoms with Gasteiger partial charge in [0.05, 0.1) is 6.10 Å². The van der Waals surface area contributed by atoms with Crippen LogP contribution in [-0.4, -0.2) is 22.3 Å². The van der Waals surface area contributed by atoms with Crippen LogP contribution in [0, 0.1) is 11.8 Å². The zero-order valence-corrected chi connectivity index (χ0v) is 23.5. The molecule has 0 aliphatic heterocycles. The fourth-order valence-electron chi connectivity index (χ4n) is 5.45. The lowest BCUT2D eigenvalue weighted by molar-refractivity contribution is -0.138. The zero-order chi connectivity index (χ0) is 25.3. The Morgan fingerprint density at radius 3 is 1.35 bits per heavy atom. The maximum atomic E-state index is 11.6. The molecule has 0 amide bonds. The van der Waals surface area contributed by atoms with Gasteiger partial charge < -0.3 is 10.2 Å². The molecule has 34 heavy (non-hydrogen) atoms. The van der Waals surface area contributed by atoms with E-state index in [4.69, 9.17) is 0 Å². The summed E-state index contributed by atoms with van der Waals surface area (Å²) in [6.07, 6.45) is 28.1. The fraction of sp³-hybridized carbons (Fsp3) is 0.968. The van der Waals surface area contributed by atoms with Gasteiger partial charge in [-0.1, -0.05) is 149 Å². The zero-order valence-electron chi connectivity index (χ0n) is 23.5. The Morgan fingerprint density at radius 1 is 0.529 bits per heavy atom. The Balaban J connectivity index is 4.39. The van der Waals surface area contributed by atoms with Crippen molar-refractivity contribution < 1.29 is 15.0 Å². The van der Waals surface area contributed by atoms with Crippen LogP contribution in [0.1, 0.15) is 175 Å². The summed E-state index contributed by atoms with van der Waals surface area (Å²) in [5.74, 6) is -0.0834. The third-order valence-corrected chi connectivity index (χ3v) is 7.68. The first kappa shape index (κ1) is 33.4. The van der Waals surface area contributed by atoms with Crippen molar-refractivity contribution in [3.05, 3.63) is 0 Å². The van der Waals surface area contributed by atoms with Gasteiger partial charge in [0, 0.05) is 6.42 Å². The summed E-state index contributed by atoms with van der Waals surface area (Å²) in [6, 6.07) is 0. The van der Waals surface area contributed by atoms with Crippen LogP contribution >= 0.6 is 0 Å². The van der Waals surface area contributed by atoms with Gasteiger partial charge >= 0.3 is 5.97 Å². The molecular formula is C31H62O3. The van der Waals surface area contributed by atoms with Crippen molar-refractivity contribution in [3.63, 3.8) is 0 Å². The topological polar surface area (TPSA) is 57.5 Å². The number of aliphatic carboxylic acids is 1. The van der Waals surface area contributed by atoms with Crippen LogP contribution in [-0.2, 0) is 4.79 Å². The molecule has 0 saturated heterocycles. The SMILES string of the molecule is CCCCCCCCCCCCC(O)CC(CCCCC)C(CCCCCCCC)CC(=O)O. The number of rotatable bonds is 27. The number of hydrogen-bond acceptors (Lipinski definition) is 2. The van der Waals surface area contributed by atoms with E-state index in [0.717, 1.165) is 38.5 Å². The molecule has 0 aliphatic rings. The van der Waals surface area contributed by atoms with E-state index in [0.29, 0.717) is 5.92 Å². The standard InChI is InChI=1S/C31H62O3/c1-4-7-10-12-14-15-16-17-19-22-25-30(32)26-28(23-20-9-6-3)29(27-31(33)34)24-21-18-13-11-8-5-2/h28-30,32H,4-27H2,1-3H3,(H,33,34). The van der Waals surface area contributed by atoms with Gasteiger partial charge in [-0.15, -0.1) is 0 Å². The second-order valence-corrected chi connectivity index (χ2v) is 11.0. The van der Waals surface area contributed by atoms with Crippen molar-refractivity contribution in [2.24, 2.45) is 11.8 Å². The van der Waals surface area contributed by atoms with Gasteiger partial charge in [0.15, 0.2) is 0 Å². The van der Waals surface area contributed by atoms with Crippen LogP contribution < -0.4 is 0 Å². The summed E-state index contributed by atoms with van der Waals surface area (Å²) in [6.45, 7) is 6.73. The van der Waals surface area contributed by atoms with E-state index >= 15 is 0 Å². The molecule has 3 unspecified atom stereocenters. The molecule has 0 radical (unpaired) electrons. The molecule has 3 heteroatoms. The smallest absolute Gasteiger partial charge is 0.303 e. The largest absolute Gasteiger partial charge is 0.481 e. The average Bonchev–Trinajstić information content (AvgIpc) is 2.81. The normalized spacial score (nSPS) is 14.2. The highest BCUT2D eigenvalue weighted by atomic mass is 16.4. The fourth-order valence-corrected chi connectivity index (χ4v) is 5.45. The van der Waals surface area contributed by atoms with E-state index in [-0.39, 0.29) is 18.4 Å². The number of aliphatic hydroxyl groups excluding tert-OH is 1. The lowest BCUT2D eigenvalue weighted by Crippen LogP contribution is -2.24. The molecule has 0 spiro atoms. The Kier molecular flexibility index (Phi) is 25.1. The van der Waals surface area contributed by atoms with Crippen molar-refractivity contribution >= 4 is 5.97 Å². The second-order valence-electron chi connectivity index (χ2n) is 11.0. The lowest BCUT2D eigenvalue weighted by atomic mass is 9.78. The Morgan fingerprint density at radius 2 is 0.882 bits per heavy atom. The summed E-state index contributed by atoms with van der Waals surface area (Å²) in [4.78, 5) is 11.6. The quantitative estimate of drug-likeness (QED) is 0.114. The minimum absolute atomic E-state index is 0.225. The number of unbranched alkanes of at least 4 members (excludes halogenated alkanes) is 16. The van der Waals surface area contributed by atoms with Gasteiger partial charge in [0.25, 0.3) is 0 Å². The highest BCUT2D eigenvalue weighted by Crippen LogP contribution is 2.32. The van der Waals surface area contributed by atoms with E-state index in [9.17, 15) is 15.0 Å². The average molecular weight is 483 g/mol. The highest BCUT2D eigenvalue weighted by Gasteiger charge is 2.25. The number of carboxylic acids is 1. The predicted molar refractivity (Wildman–Crippen MR) is 148 cm³/mol. The van der Waals surface area contributed by atoms with E-state index < -0.39 is 5.97 Å². The molecule has 204 valence electrons. The highest BCUT2D eigenvalue weighted by molar-refractivity contribution is 5.67. The summed E-state index contributed by atoms with van der Waals surface area (Å²) >= 11 is 0. The molecule has 2 N–H and O–H groups in total. The number of aliphatic hydroxyl groups is 1. The molecule has 0 bridgehead atoms. The molecule has 0 heterocycles. The molecule has 0 aromatic heterocycles. The molecule has 0 saturated carbocycles. The minimum atomic E-state index is -0.666. The van der Waals surface area contributed by atoms with Crippen molar-refractivity contribution in [2.45, 2.75) is 181 Å². The first-order valence-electron chi connectivity index (χ1n) is 15.4. The predicted octanol–water partition coefficient (Wildman–Crippen LogP) is 10.1. The van der Waals surface area contributed by atoms with Gasteiger partial charge in [0.1, 0.15) is 0 Å². The Bertz CT molecular complexity index is 423. The summed E-state index contributed by atoms with van der Waals surface area (Å²) in [5, 5.41) is 20.4. The summed E-state index contributed by atoms with van der Waals surface area (Å²) in [5.41, 5.74) is 0. The number of carboxylic acid groups (broad SMARTS) is 1. The Labute approximate surface area is 213 Å². The first-order valence-corrected chi connectivity index (χ1v) is 15.4. The maximum Gasteiger partial charge on any atom is 0.303 e. The maximum absolute atomic E-state index is 11.6. The monoisotopic (exact) mass is 482 g/mol. The third kappa shape index (κ3) is 21.9. The van der Waals surface area contributed by atoms with Crippen LogP contribution in [0.2, 0.25) is 0 Å². The van der Waals surface area contributed by atoms with Gasteiger partial charge in [-0.25, -0.2) is 0 Å². The van der Waals surface area contributed by atoms with Crippen molar-refractivity contribution in [1.82, 2.24) is 0 Å². The van der Waals surface area contributed by atoms with Gasteiger partial charge in [0.2, 0.25) is 0 Å². The lowest BCUT2D eigenvalue weighted by Gasteiger charge is -2.28. The molecular weight excluding hydrogens is 420 g/mol. The molecule has 0 aromatic rings. The Hall–Kier alpha value is -0.570. The molecule has 0 fully saturated rings. The summed E-state index contributed by atoms with van der Waals surface area (Å²) < 4.78 is 0. The first-order chi connectivity index (χ1) is 16.5. The van der Waals surface area contributed by atoms with Crippen molar-refractivity contribution in [2.75, 3.05) is 0 Å². The molecule has 0 aromatic carbocycles. The van der Waals surface area contributed by atoms with Crippen LogP contribution in [0.4, 0.5) is 0 Å². The number of hydrogen-bond donors (Lipinski definition) is 2. The van der Waals surface area contributed by atoms with Crippen LogP contribution in [0.5, 0.6) is 0 Å². The second kappa shape index (κ2) is 25.5. The molecule has 0 rings (SSSR count). The van der Waals surface area contributed by atoms with Crippen LogP contribution in [0.3, 0.4) is 0 Å². The van der Waals surface area contributed by atoms with Gasteiger partial charge in [-0.3, -0.25) is 4.79 Å². The molecule has 3 nitrogen and oxygen atoms in total. The van der Waals surface area contributed by atoms with Crippen molar-refractivity contribution in [3.8, 4) is 0 Å². The molecule has 0 aliphatic carbocycles. The van der Waals surface area contributed by atoms with E-state index in [1.165, 1.54) is 109 Å². The van der Waals surface area contributed by atoms with Gasteiger partial charge in [-0.2, -0.15) is 0 Å². The molecule has 3 atom stereocenters. The minimum Gasteiger partial charge on any atom is -0.481 e. The van der Waals surface area contributed by atoms with E-state index in [1.54, 1.807) is 0 Å². The van der Waals surface area contributed by atoms with E-state index in [1.807, 2.05) is 0 Å². The van der Waals surface area contributed by atoms with Crippen LogP contribution in [0.25, 0.3) is 0 Å². The van der Waals surface area contributed by atoms with Crippen molar-refractivity contribution in [1.29, 1.82) is 0 Å². The van der Waals surface area contributed by atoms with Gasteiger partial charge in [-0.05, 0) is 31.1 Å². The summed E-state index contributed by atoms with van der Waals surface area (Å²) in [7, 11) is 0. The van der Waals surface area contributed by atoms with Crippen LogP contribution in [0.15, 0.2) is 0 Å². The number of carbonyl (C=O) groups is 1. The van der Waals surface area contributed by atoms with E-state index in [2.05, 4.69) is 20.8 Å². The third-order valence-electron chi connectivity index (χ3n) is 7.68.